The first-order valence-corrected chi connectivity index (χ1v) is 4.97. The summed E-state index contributed by atoms with van der Waals surface area (Å²) < 4.78 is 22.7. The lowest BCUT2D eigenvalue weighted by Gasteiger charge is -2.00. The van der Waals surface area contributed by atoms with Crippen LogP contribution >= 0.6 is 0 Å². The highest BCUT2D eigenvalue weighted by atomic mass is 32.2. The molecule has 1 rings (SSSR count). The first-order chi connectivity index (χ1) is 6.58. The highest BCUT2D eigenvalue weighted by Crippen LogP contribution is 2.09. The van der Waals surface area contributed by atoms with E-state index in [-0.39, 0.29) is 6.42 Å². The lowest BCUT2D eigenvalue weighted by atomic mass is 10.1. The molecule has 0 aromatic heterocycles. The van der Waals surface area contributed by atoms with Crippen molar-refractivity contribution in [3.8, 4) is 0 Å². The van der Waals surface area contributed by atoms with E-state index < -0.39 is 16.9 Å². The maximum atomic E-state index is 10.3. The SMILES string of the molecule is O=C(O)Cc1ccc(N[SH](=O)=O)cc1. The van der Waals surface area contributed by atoms with Gasteiger partial charge in [-0.3, -0.25) is 9.52 Å². The zero-order chi connectivity index (χ0) is 10.6. The number of carboxylic acids is 1. The Kier molecular flexibility index (Phi) is 3.47. The average Bonchev–Trinajstić information content (AvgIpc) is 2.06. The number of aliphatic carboxylic acids is 1. The van der Waals surface area contributed by atoms with Gasteiger partial charge in [-0.25, -0.2) is 8.42 Å². The molecule has 76 valence electrons. The van der Waals surface area contributed by atoms with Gasteiger partial charge in [0, 0.05) is 5.69 Å². The van der Waals surface area contributed by atoms with Crippen molar-refractivity contribution < 1.29 is 18.3 Å². The van der Waals surface area contributed by atoms with Crippen molar-refractivity contribution in [2.75, 3.05) is 4.72 Å². The number of anilines is 1. The van der Waals surface area contributed by atoms with Crippen LogP contribution in [-0.4, -0.2) is 19.5 Å². The van der Waals surface area contributed by atoms with Gasteiger partial charge in [0.2, 0.25) is 10.9 Å². The van der Waals surface area contributed by atoms with Crippen molar-refractivity contribution >= 4 is 22.5 Å². The van der Waals surface area contributed by atoms with Gasteiger partial charge in [0.15, 0.2) is 0 Å². The molecular weight excluding hydrogens is 206 g/mol. The molecule has 2 N–H and O–H groups in total. The molecule has 0 amide bonds. The molecule has 14 heavy (non-hydrogen) atoms. The molecule has 0 atom stereocenters. The van der Waals surface area contributed by atoms with Crippen LogP contribution in [0.25, 0.3) is 0 Å². The minimum Gasteiger partial charge on any atom is -0.481 e. The Morgan fingerprint density at radius 2 is 1.86 bits per heavy atom. The number of carbonyl (C=O) groups is 1. The summed E-state index contributed by atoms with van der Waals surface area (Å²) in [5, 5.41) is 8.47. The fraction of sp³-hybridized carbons (Fsp3) is 0.125. The second-order valence-corrected chi connectivity index (χ2v) is 3.37. The van der Waals surface area contributed by atoms with Gasteiger partial charge in [-0.2, -0.15) is 0 Å². The molecular formula is C8H9NO4S. The summed E-state index contributed by atoms with van der Waals surface area (Å²) in [5.41, 5.74) is 1.06. The molecule has 0 saturated heterocycles. The van der Waals surface area contributed by atoms with Gasteiger partial charge in [-0.1, -0.05) is 12.1 Å². The second-order valence-electron chi connectivity index (χ2n) is 2.64. The van der Waals surface area contributed by atoms with E-state index in [0.717, 1.165) is 0 Å². The number of rotatable bonds is 4. The number of thiol groups is 1. The number of benzene rings is 1. The summed E-state index contributed by atoms with van der Waals surface area (Å²) in [5.74, 6) is -0.916. The normalized spacial score (nSPS) is 10.1. The van der Waals surface area contributed by atoms with Crippen LogP contribution in [0.5, 0.6) is 0 Å². The molecule has 0 heterocycles. The number of carboxylic acid groups (broad SMARTS) is 1. The molecule has 0 unspecified atom stereocenters. The molecule has 1 aromatic carbocycles. The van der Waals surface area contributed by atoms with Gasteiger partial charge in [-0.15, -0.1) is 0 Å². The summed E-state index contributed by atoms with van der Waals surface area (Å²) in [4.78, 5) is 10.3. The van der Waals surface area contributed by atoms with Crippen molar-refractivity contribution in [2.45, 2.75) is 6.42 Å². The molecule has 0 radical (unpaired) electrons. The van der Waals surface area contributed by atoms with Crippen LogP contribution in [-0.2, 0) is 22.1 Å². The molecule has 0 fully saturated rings. The number of hydrogen-bond acceptors (Lipinski definition) is 3. The van der Waals surface area contributed by atoms with E-state index in [4.69, 9.17) is 5.11 Å². The summed E-state index contributed by atoms with van der Waals surface area (Å²) in [6, 6.07) is 6.16. The molecule has 6 heteroatoms. The van der Waals surface area contributed by atoms with Crippen LogP contribution in [0.15, 0.2) is 24.3 Å². The number of hydrogen-bond donors (Lipinski definition) is 3. The van der Waals surface area contributed by atoms with Crippen LogP contribution in [0, 0.1) is 0 Å². The quantitative estimate of drug-likeness (QED) is 0.629. The Balaban J connectivity index is 2.73. The smallest absolute Gasteiger partial charge is 0.307 e. The molecule has 0 saturated carbocycles. The number of nitrogens with one attached hydrogen (secondary N) is 1. The summed E-state index contributed by atoms with van der Waals surface area (Å²) in [7, 11) is -2.67. The summed E-state index contributed by atoms with van der Waals surface area (Å²) in [6.07, 6.45) is -0.0657. The minimum atomic E-state index is -2.67. The predicted molar refractivity (Wildman–Crippen MR) is 51.7 cm³/mol. The fourth-order valence-corrected chi connectivity index (χ4v) is 1.34. The maximum absolute atomic E-state index is 10.3. The van der Waals surface area contributed by atoms with Crippen LogP contribution in [0.2, 0.25) is 0 Å². The fourth-order valence-electron chi connectivity index (χ4n) is 0.977. The summed E-state index contributed by atoms with van der Waals surface area (Å²) in [6.45, 7) is 0. The van der Waals surface area contributed by atoms with Crippen molar-refractivity contribution in [3.05, 3.63) is 29.8 Å². The zero-order valence-electron chi connectivity index (χ0n) is 7.14. The monoisotopic (exact) mass is 215 g/mol. The van der Waals surface area contributed by atoms with Crippen molar-refractivity contribution in [1.29, 1.82) is 0 Å². The van der Waals surface area contributed by atoms with Gasteiger partial charge in [0.25, 0.3) is 0 Å². The first kappa shape index (κ1) is 10.5. The van der Waals surface area contributed by atoms with Gasteiger partial charge in [0.05, 0.1) is 6.42 Å². The van der Waals surface area contributed by atoms with Gasteiger partial charge >= 0.3 is 5.97 Å². The Labute approximate surface area is 82.5 Å². The van der Waals surface area contributed by atoms with E-state index in [0.29, 0.717) is 11.3 Å². The Bertz CT molecular complexity index is 388. The Morgan fingerprint density at radius 3 is 2.29 bits per heavy atom. The third-order valence-electron chi connectivity index (χ3n) is 1.53. The standard InChI is InChI=1S/C8H9NO4S/c10-8(11)5-6-1-3-7(4-2-6)9-14(12)13/h1-4,14H,5H2,(H,10,11)(H,9,12,13). The third-order valence-corrected chi connectivity index (χ3v) is 1.97. The largest absolute Gasteiger partial charge is 0.481 e. The highest BCUT2D eigenvalue weighted by molar-refractivity contribution is 7.73. The molecule has 0 aliphatic heterocycles. The molecule has 0 spiro atoms. The minimum absolute atomic E-state index is 0.0657. The van der Waals surface area contributed by atoms with Gasteiger partial charge < -0.3 is 5.11 Å². The van der Waals surface area contributed by atoms with Crippen molar-refractivity contribution in [2.24, 2.45) is 0 Å². The Morgan fingerprint density at radius 1 is 1.29 bits per heavy atom. The van der Waals surface area contributed by atoms with Gasteiger partial charge in [-0.05, 0) is 17.7 Å². The van der Waals surface area contributed by atoms with E-state index in [1.165, 1.54) is 12.1 Å². The average molecular weight is 215 g/mol. The van der Waals surface area contributed by atoms with Crippen LogP contribution in [0.3, 0.4) is 0 Å². The molecule has 0 aliphatic carbocycles. The van der Waals surface area contributed by atoms with Crippen molar-refractivity contribution in [1.82, 2.24) is 0 Å². The maximum Gasteiger partial charge on any atom is 0.307 e. The van der Waals surface area contributed by atoms with Crippen LogP contribution in [0.4, 0.5) is 5.69 Å². The molecule has 1 aromatic rings. The van der Waals surface area contributed by atoms with E-state index in [1.54, 1.807) is 12.1 Å². The second kappa shape index (κ2) is 4.61. The molecule has 5 nitrogen and oxygen atoms in total. The predicted octanol–water partition coefficient (Wildman–Crippen LogP) is 0.252. The lowest BCUT2D eigenvalue weighted by Crippen LogP contribution is -2.00. The van der Waals surface area contributed by atoms with E-state index >= 15 is 0 Å². The topological polar surface area (TPSA) is 83.5 Å². The van der Waals surface area contributed by atoms with E-state index in [9.17, 15) is 13.2 Å². The zero-order valence-corrected chi connectivity index (χ0v) is 8.03. The lowest BCUT2D eigenvalue weighted by molar-refractivity contribution is -0.136. The van der Waals surface area contributed by atoms with E-state index in [2.05, 4.69) is 4.72 Å². The van der Waals surface area contributed by atoms with Crippen LogP contribution in [0.1, 0.15) is 5.56 Å². The van der Waals surface area contributed by atoms with E-state index in [1.807, 2.05) is 0 Å². The van der Waals surface area contributed by atoms with Crippen molar-refractivity contribution in [3.63, 3.8) is 0 Å². The highest BCUT2D eigenvalue weighted by Gasteiger charge is 1.99. The van der Waals surface area contributed by atoms with Gasteiger partial charge in [0.1, 0.15) is 0 Å². The molecule has 0 bridgehead atoms. The van der Waals surface area contributed by atoms with Crippen LogP contribution < -0.4 is 4.72 Å². The summed E-state index contributed by atoms with van der Waals surface area (Å²) >= 11 is 0. The first-order valence-electron chi connectivity index (χ1n) is 3.79. The molecule has 0 aliphatic rings. The Hall–Kier alpha value is -1.56. The third kappa shape index (κ3) is 3.44.